The Bertz CT molecular complexity index is 563. The van der Waals surface area contributed by atoms with Gasteiger partial charge in [0.2, 0.25) is 0 Å². The summed E-state index contributed by atoms with van der Waals surface area (Å²) in [5, 5.41) is 0. The van der Waals surface area contributed by atoms with Gasteiger partial charge in [-0.2, -0.15) is 0 Å². The molecule has 0 saturated carbocycles. The molecular formula is C26H42O4. The molecule has 0 fully saturated rings. The Labute approximate surface area is 183 Å². The highest BCUT2D eigenvalue weighted by Crippen LogP contribution is 2.21. The fraction of sp³-hybridized carbons (Fsp3) is 0.692. The van der Waals surface area contributed by atoms with E-state index in [0.717, 1.165) is 51.4 Å². The summed E-state index contributed by atoms with van der Waals surface area (Å²) in [6, 6.07) is 0. The standard InChI is InChI=1S/C26H42O4/c1-6-10-12-21(8-3)18-29-25(27)23-16-14-20(5)15-17-24(23)26(28)30-19-22(9-4)13-11-7-2/h14-17,20-22H,6-13,18-19H2,1-5H3. The lowest BCUT2D eigenvalue weighted by molar-refractivity contribution is -0.143. The first-order valence-electron chi connectivity index (χ1n) is 11.9. The van der Waals surface area contributed by atoms with Crippen molar-refractivity contribution in [2.24, 2.45) is 17.8 Å². The van der Waals surface area contributed by atoms with Gasteiger partial charge in [0.25, 0.3) is 0 Å². The Hall–Kier alpha value is -1.84. The molecule has 0 heterocycles. The highest BCUT2D eigenvalue weighted by molar-refractivity contribution is 6.04. The largest absolute Gasteiger partial charge is 0.462 e. The highest BCUT2D eigenvalue weighted by Gasteiger charge is 2.23. The van der Waals surface area contributed by atoms with Gasteiger partial charge >= 0.3 is 11.9 Å². The van der Waals surface area contributed by atoms with Gasteiger partial charge in [-0.05, 0) is 30.6 Å². The SMILES string of the molecule is CCCCC(CC)COC(=O)C1=C(C(=O)OCC(CC)CCCC)C=CC(C)C=C1. The molecule has 0 aromatic rings. The van der Waals surface area contributed by atoms with Gasteiger partial charge in [-0.15, -0.1) is 0 Å². The minimum atomic E-state index is -0.440. The number of esters is 2. The van der Waals surface area contributed by atoms with Crippen LogP contribution < -0.4 is 0 Å². The maximum absolute atomic E-state index is 12.8. The van der Waals surface area contributed by atoms with E-state index in [1.54, 1.807) is 12.2 Å². The molecule has 4 heteroatoms. The van der Waals surface area contributed by atoms with Crippen molar-refractivity contribution in [1.82, 2.24) is 0 Å². The van der Waals surface area contributed by atoms with Crippen molar-refractivity contribution in [2.75, 3.05) is 13.2 Å². The molecule has 0 aromatic heterocycles. The van der Waals surface area contributed by atoms with Gasteiger partial charge < -0.3 is 9.47 Å². The summed E-state index contributed by atoms with van der Waals surface area (Å²) in [7, 11) is 0. The van der Waals surface area contributed by atoms with Crippen molar-refractivity contribution in [1.29, 1.82) is 0 Å². The lowest BCUT2D eigenvalue weighted by Gasteiger charge is -2.17. The molecule has 0 aliphatic heterocycles. The summed E-state index contributed by atoms with van der Waals surface area (Å²) < 4.78 is 11.2. The second-order valence-corrected chi connectivity index (χ2v) is 8.43. The van der Waals surface area contributed by atoms with Gasteiger partial charge in [0, 0.05) is 0 Å². The lowest BCUT2D eigenvalue weighted by atomic mass is 10.0. The van der Waals surface area contributed by atoms with Crippen LogP contribution in [-0.2, 0) is 19.1 Å². The number of carbonyl (C=O) groups is 2. The van der Waals surface area contributed by atoms with Crippen LogP contribution in [0.5, 0.6) is 0 Å². The third-order valence-corrected chi connectivity index (χ3v) is 5.85. The van der Waals surface area contributed by atoms with E-state index in [1.807, 2.05) is 19.1 Å². The second-order valence-electron chi connectivity index (χ2n) is 8.43. The predicted molar refractivity (Wildman–Crippen MR) is 123 cm³/mol. The molecule has 0 radical (unpaired) electrons. The Balaban J connectivity index is 2.87. The first-order valence-corrected chi connectivity index (χ1v) is 11.9. The van der Waals surface area contributed by atoms with Crippen molar-refractivity contribution in [3.63, 3.8) is 0 Å². The molecule has 0 spiro atoms. The normalized spacial score (nSPS) is 18.1. The molecule has 2 atom stereocenters. The quantitative estimate of drug-likeness (QED) is 0.300. The van der Waals surface area contributed by atoms with Crippen LogP contribution >= 0.6 is 0 Å². The molecule has 0 N–H and O–H groups in total. The van der Waals surface area contributed by atoms with Gasteiger partial charge in [0.1, 0.15) is 0 Å². The number of ether oxygens (including phenoxy) is 2. The number of hydrogen-bond donors (Lipinski definition) is 0. The maximum Gasteiger partial charge on any atom is 0.339 e. The van der Waals surface area contributed by atoms with E-state index in [2.05, 4.69) is 27.7 Å². The van der Waals surface area contributed by atoms with Crippen LogP contribution in [0.15, 0.2) is 35.5 Å². The van der Waals surface area contributed by atoms with Crippen LogP contribution in [0.1, 0.15) is 86.0 Å². The summed E-state index contributed by atoms with van der Waals surface area (Å²) in [5.41, 5.74) is 0.597. The molecule has 1 aliphatic rings. The zero-order valence-electron chi connectivity index (χ0n) is 19.7. The van der Waals surface area contributed by atoms with Crippen LogP contribution in [0.4, 0.5) is 0 Å². The van der Waals surface area contributed by atoms with E-state index in [4.69, 9.17) is 9.47 Å². The Kier molecular flexibility index (Phi) is 13.1. The third-order valence-electron chi connectivity index (χ3n) is 5.85. The molecule has 0 amide bonds. The van der Waals surface area contributed by atoms with E-state index < -0.39 is 11.9 Å². The Morgan fingerprint density at radius 3 is 1.53 bits per heavy atom. The van der Waals surface area contributed by atoms with Crippen molar-refractivity contribution < 1.29 is 19.1 Å². The smallest absolute Gasteiger partial charge is 0.339 e. The number of rotatable bonds is 14. The number of unbranched alkanes of at least 4 members (excludes halogenated alkanes) is 2. The van der Waals surface area contributed by atoms with E-state index in [1.165, 1.54) is 0 Å². The van der Waals surface area contributed by atoms with Gasteiger partial charge in [-0.25, -0.2) is 9.59 Å². The minimum Gasteiger partial charge on any atom is -0.462 e. The molecule has 170 valence electrons. The average Bonchev–Trinajstić information content (AvgIpc) is 2.95. The van der Waals surface area contributed by atoms with Crippen molar-refractivity contribution >= 4 is 11.9 Å². The molecule has 0 bridgehead atoms. The van der Waals surface area contributed by atoms with Crippen molar-refractivity contribution in [2.45, 2.75) is 86.0 Å². The summed E-state index contributed by atoms with van der Waals surface area (Å²) in [6.07, 6.45) is 15.8. The summed E-state index contributed by atoms with van der Waals surface area (Å²) in [5.74, 6) is -0.0233. The van der Waals surface area contributed by atoms with E-state index in [-0.39, 0.29) is 5.92 Å². The Morgan fingerprint density at radius 2 is 1.20 bits per heavy atom. The zero-order chi connectivity index (χ0) is 22.4. The minimum absolute atomic E-state index is 0.138. The molecule has 1 aliphatic carbocycles. The fourth-order valence-electron chi connectivity index (χ4n) is 3.43. The van der Waals surface area contributed by atoms with Gasteiger partial charge in [-0.3, -0.25) is 0 Å². The van der Waals surface area contributed by atoms with Gasteiger partial charge in [-0.1, -0.05) is 97.4 Å². The number of carbonyl (C=O) groups excluding carboxylic acids is 2. The molecule has 0 saturated heterocycles. The van der Waals surface area contributed by atoms with E-state index in [9.17, 15) is 9.59 Å². The highest BCUT2D eigenvalue weighted by atomic mass is 16.5. The Morgan fingerprint density at radius 1 is 0.800 bits per heavy atom. The van der Waals surface area contributed by atoms with Crippen LogP contribution in [0.2, 0.25) is 0 Å². The van der Waals surface area contributed by atoms with E-state index in [0.29, 0.717) is 36.2 Å². The van der Waals surface area contributed by atoms with Crippen molar-refractivity contribution in [3.8, 4) is 0 Å². The fourth-order valence-corrected chi connectivity index (χ4v) is 3.43. The number of hydrogen-bond acceptors (Lipinski definition) is 4. The van der Waals surface area contributed by atoms with Gasteiger partial charge in [0.15, 0.2) is 0 Å². The molecular weight excluding hydrogens is 376 g/mol. The lowest BCUT2D eigenvalue weighted by Crippen LogP contribution is -2.19. The first kappa shape index (κ1) is 26.2. The molecule has 4 nitrogen and oxygen atoms in total. The zero-order valence-corrected chi connectivity index (χ0v) is 19.7. The van der Waals surface area contributed by atoms with E-state index >= 15 is 0 Å². The van der Waals surface area contributed by atoms with Crippen molar-refractivity contribution in [3.05, 3.63) is 35.5 Å². The first-order chi connectivity index (χ1) is 14.5. The van der Waals surface area contributed by atoms with Gasteiger partial charge in [0.05, 0.1) is 24.4 Å². The van der Waals surface area contributed by atoms with Crippen LogP contribution in [0.25, 0.3) is 0 Å². The molecule has 0 aromatic carbocycles. The van der Waals surface area contributed by atoms with Crippen LogP contribution in [0.3, 0.4) is 0 Å². The summed E-state index contributed by atoms with van der Waals surface area (Å²) in [4.78, 5) is 25.7. The monoisotopic (exact) mass is 418 g/mol. The molecule has 2 unspecified atom stereocenters. The molecule has 1 rings (SSSR count). The summed E-state index contributed by atoms with van der Waals surface area (Å²) in [6.45, 7) is 11.4. The summed E-state index contributed by atoms with van der Waals surface area (Å²) >= 11 is 0. The number of allylic oxidation sites excluding steroid dienone is 2. The maximum atomic E-state index is 12.8. The molecule has 30 heavy (non-hydrogen) atoms. The van der Waals surface area contributed by atoms with Crippen LogP contribution in [0, 0.1) is 17.8 Å². The van der Waals surface area contributed by atoms with Crippen LogP contribution in [-0.4, -0.2) is 25.2 Å². The topological polar surface area (TPSA) is 52.6 Å². The second kappa shape index (κ2) is 15.0. The third kappa shape index (κ3) is 9.32. The average molecular weight is 419 g/mol. The predicted octanol–water partition coefficient (Wildman–Crippen LogP) is 6.56.